The Labute approximate surface area is 115 Å². The van der Waals surface area contributed by atoms with Crippen molar-refractivity contribution < 1.29 is 4.79 Å². The molecule has 1 amide bonds. The van der Waals surface area contributed by atoms with Gasteiger partial charge in [-0.15, -0.1) is 0 Å². The van der Waals surface area contributed by atoms with E-state index in [4.69, 9.17) is 0 Å². The second kappa shape index (κ2) is 4.07. The summed E-state index contributed by atoms with van der Waals surface area (Å²) >= 11 is 0. The Morgan fingerprint density at radius 3 is 2.16 bits per heavy atom. The van der Waals surface area contributed by atoms with Gasteiger partial charge in [-0.2, -0.15) is 0 Å². The fraction of sp³-hybridized carbons (Fsp3) is 0.562. The molecule has 0 bridgehead atoms. The molecule has 102 valence electrons. The third kappa shape index (κ3) is 2.16. The Morgan fingerprint density at radius 1 is 1.16 bits per heavy atom. The fourth-order valence-corrected chi connectivity index (χ4v) is 2.90. The Morgan fingerprint density at radius 2 is 1.74 bits per heavy atom. The number of hydrogen-bond donors (Lipinski definition) is 1. The molecule has 0 radical (unpaired) electrons. The first kappa shape index (κ1) is 12.7. The van der Waals surface area contributed by atoms with E-state index in [0.717, 1.165) is 31.7 Å². The van der Waals surface area contributed by atoms with Crippen molar-refractivity contribution in [2.24, 2.45) is 5.41 Å². The number of rotatable bonds is 1. The zero-order valence-corrected chi connectivity index (χ0v) is 12.0. The van der Waals surface area contributed by atoms with Gasteiger partial charge >= 0.3 is 0 Å². The van der Waals surface area contributed by atoms with Crippen LogP contribution in [0.3, 0.4) is 0 Å². The summed E-state index contributed by atoms with van der Waals surface area (Å²) in [5.41, 5.74) is 2.63. The number of carbonyl (C=O) groups is 1. The lowest BCUT2D eigenvalue weighted by Crippen LogP contribution is -2.71. The smallest absolute Gasteiger partial charge is 0.253 e. The van der Waals surface area contributed by atoms with Crippen LogP contribution in [0.4, 0.5) is 0 Å². The van der Waals surface area contributed by atoms with E-state index >= 15 is 0 Å². The maximum Gasteiger partial charge on any atom is 0.253 e. The molecule has 2 heterocycles. The quantitative estimate of drug-likeness (QED) is 0.836. The Bertz CT molecular complexity index is 486. The van der Waals surface area contributed by atoms with Gasteiger partial charge in [-0.25, -0.2) is 0 Å². The molecule has 2 saturated heterocycles. The minimum absolute atomic E-state index is 0.139. The molecule has 0 saturated carbocycles. The van der Waals surface area contributed by atoms with E-state index < -0.39 is 0 Å². The molecule has 0 atom stereocenters. The van der Waals surface area contributed by atoms with E-state index in [1.54, 1.807) is 0 Å². The summed E-state index contributed by atoms with van der Waals surface area (Å²) in [6, 6.07) is 8.08. The zero-order valence-electron chi connectivity index (χ0n) is 12.0. The highest BCUT2D eigenvalue weighted by Crippen LogP contribution is 2.35. The van der Waals surface area contributed by atoms with E-state index in [2.05, 4.69) is 38.2 Å². The molecule has 3 nitrogen and oxygen atoms in total. The minimum atomic E-state index is 0.139. The van der Waals surface area contributed by atoms with Crippen LogP contribution in [0, 0.1) is 5.41 Å². The third-order valence-corrected chi connectivity index (χ3v) is 4.34. The van der Waals surface area contributed by atoms with Gasteiger partial charge in [0.2, 0.25) is 0 Å². The summed E-state index contributed by atoms with van der Waals surface area (Å²) < 4.78 is 0. The number of nitrogens with zero attached hydrogens (tertiary/aromatic N) is 1. The molecule has 19 heavy (non-hydrogen) atoms. The molecule has 3 rings (SSSR count). The molecule has 3 heteroatoms. The molecule has 1 N–H and O–H groups in total. The zero-order chi connectivity index (χ0) is 13.7. The van der Waals surface area contributed by atoms with Crippen LogP contribution in [0.25, 0.3) is 0 Å². The monoisotopic (exact) mass is 258 g/mol. The van der Waals surface area contributed by atoms with Crippen molar-refractivity contribution in [2.45, 2.75) is 26.2 Å². The topological polar surface area (TPSA) is 32.3 Å². The highest BCUT2D eigenvalue weighted by atomic mass is 16.2. The lowest BCUT2D eigenvalue weighted by atomic mass is 9.74. The van der Waals surface area contributed by atoms with Crippen molar-refractivity contribution in [1.82, 2.24) is 10.2 Å². The largest absolute Gasteiger partial charge is 0.337 e. The van der Waals surface area contributed by atoms with Gasteiger partial charge in [0.05, 0.1) is 0 Å². The molecule has 0 aromatic heterocycles. The first-order chi connectivity index (χ1) is 8.90. The van der Waals surface area contributed by atoms with Gasteiger partial charge in [0, 0.05) is 37.2 Å². The fourth-order valence-electron chi connectivity index (χ4n) is 2.90. The average molecular weight is 258 g/mol. The van der Waals surface area contributed by atoms with Crippen LogP contribution < -0.4 is 5.32 Å². The van der Waals surface area contributed by atoms with Gasteiger partial charge in [0.15, 0.2) is 0 Å². The summed E-state index contributed by atoms with van der Waals surface area (Å²) in [6.45, 7) is 10.5. The Balaban J connectivity index is 1.67. The maximum atomic E-state index is 12.3. The van der Waals surface area contributed by atoms with Gasteiger partial charge in [0.25, 0.3) is 5.91 Å². The van der Waals surface area contributed by atoms with Crippen molar-refractivity contribution in [3.05, 3.63) is 35.4 Å². The van der Waals surface area contributed by atoms with Crippen molar-refractivity contribution in [3.8, 4) is 0 Å². The Hall–Kier alpha value is -1.35. The molecule has 2 fully saturated rings. The molecule has 0 aliphatic carbocycles. The average Bonchev–Trinajstić information content (AvgIpc) is 2.24. The molecule has 1 spiro atoms. The van der Waals surface area contributed by atoms with Crippen LogP contribution in [0.1, 0.15) is 36.7 Å². The second-order valence-corrected chi connectivity index (χ2v) is 7.09. The number of likely N-dealkylation sites (tertiary alicyclic amines) is 1. The predicted octanol–water partition coefficient (Wildman–Crippen LogP) is 2.03. The van der Waals surface area contributed by atoms with Gasteiger partial charge < -0.3 is 10.2 Å². The van der Waals surface area contributed by atoms with Crippen molar-refractivity contribution in [1.29, 1.82) is 0 Å². The first-order valence-electron chi connectivity index (χ1n) is 7.00. The van der Waals surface area contributed by atoms with Crippen LogP contribution in [-0.2, 0) is 5.41 Å². The SMILES string of the molecule is CC(C)(C)c1ccc(C(=O)N2CC3(CNC3)C2)cc1. The van der Waals surface area contributed by atoms with Crippen molar-refractivity contribution >= 4 is 5.91 Å². The normalized spacial score (nSPS) is 20.9. The number of benzene rings is 1. The number of amides is 1. The molecule has 2 aliphatic heterocycles. The third-order valence-electron chi connectivity index (χ3n) is 4.34. The summed E-state index contributed by atoms with van der Waals surface area (Å²) in [6.07, 6.45) is 0. The molecule has 1 aromatic rings. The lowest BCUT2D eigenvalue weighted by molar-refractivity contribution is -0.0248. The van der Waals surface area contributed by atoms with Gasteiger partial charge in [-0.3, -0.25) is 4.79 Å². The van der Waals surface area contributed by atoms with Crippen LogP contribution in [-0.4, -0.2) is 37.0 Å². The molecular weight excluding hydrogens is 236 g/mol. The number of carbonyl (C=O) groups excluding carboxylic acids is 1. The summed E-state index contributed by atoms with van der Waals surface area (Å²) in [7, 11) is 0. The summed E-state index contributed by atoms with van der Waals surface area (Å²) in [5.74, 6) is 0.179. The Kier molecular flexibility index (Phi) is 2.72. The standard InChI is InChI=1S/C16H22N2O/c1-15(2,3)13-6-4-12(5-7-13)14(19)18-10-16(11-18)8-17-9-16/h4-7,17H,8-11H2,1-3H3. The van der Waals surface area contributed by atoms with E-state index in [9.17, 15) is 4.79 Å². The van der Waals surface area contributed by atoms with Gasteiger partial charge in [-0.1, -0.05) is 32.9 Å². The van der Waals surface area contributed by atoms with Crippen LogP contribution in [0.15, 0.2) is 24.3 Å². The van der Waals surface area contributed by atoms with Crippen molar-refractivity contribution in [3.63, 3.8) is 0 Å². The van der Waals surface area contributed by atoms with Crippen LogP contribution in [0.5, 0.6) is 0 Å². The van der Waals surface area contributed by atoms with E-state index in [0.29, 0.717) is 5.41 Å². The first-order valence-corrected chi connectivity index (χ1v) is 7.00. The van der Waals surface area contributed by atoms with Gasteiger partial charge in [0.1, 0.15) is 0 Å². The molecular formula is C16H22N2O. The summed E-state index contributed by atoms with van der Waals surface area (Å²) in [4.78, 5) is 14.3. The van der Waals surface area contributed by atoms with Crippen LogP contribution >= 0.6 is 0 Å². The van der Waals surface area contributed by atoms with Gasteiger partial charge in [-0.05, 0) is 23.1 Å². The van der Waals surface area contributed by atoms with E-state index in [1.807, 2.05) is 17.0 Å². The highest BCUT2D eigenvalue weighted by Gasteiger charge is 2.49. The minimum Gasteiger partial charge on any atom is -0.337 e. The van der Waals surface area contributed by atoms with E-state index in [-0.39, 0.29) is 11.3 Å². The summed E-state index contributed by atoms with van der Waals surface area (Å²) in [5, 5.41) is 3.29. The van der Waals surface area contributed by atoms with E-state index in [1.165, 1.54) is 5.56 Å². The highest BCUT2D eigenvalue weighted by molar-refractivity contribution is 5.95. The second-order valence-electron chi connectivity index (χ2n) is 7.09. The lowest BCUT2D eigenvalue weighted by Gasteiger charge is -2.56. The molecule has 1 aromatic carbocycles. The maximum absolute atomic E-state index is 12.3. The predicted molar refractivity (Wildman–Crippen MR) is 76.3 cm³/mol. The van der Waals surface area contributed by atoms with Crippen LogP contribution in [0.2, 0.25) is 0 Å². The van der Waals surface area contributed by atoms with Crippen molar-refractivity contribution in [2.75, 3.05) is 26.2 Å². The number of hydrogen-bond acceptors (Lipinski definition) is 2. The molecule has 2 aliphatic rings. The number of nitrogens with one attached hydrogen (secondary N) is 1. The molecule has 0 unspecified atom stereocenters.